The number of aromatic nitrogens is 3. The second kappa shape index (κ2) is 8.76. The maximum absolute atomic E-state index is 13.1. The molecule has 0 radical (unpaired) electrons. The van der Waals surface area contributed by atoms with Crippen molar-refractivity contribution in [2.24, 2.45) is 4.99 Å². The molecule has 5 rings (SSSR count). The lowest BCUT2D eigenvalue weighted by atomic mass is 10.2. The van der Waals surface area contributed by atoms with Crippen LogP contribution in [0.4, 0.5) is 0 Å². The highest BCUT2D eigenvalue weighted by atomic mass is 35.5. The van der Waals surface area contributed by atoms with Crippen LogP contribution < -0.4 is 4.80 Å². The zero-order valence-electron chi connectivity index (χ0n) is 16.6. The third-order valence-electron chi connectivity index (χ3n) is 5.24. The fourth-order valence-corrected chi connectivity index (χ4v) is 4.79. The average molecular weight is 454 g/mol. The summed E-state index contributed by atoms with van der Waals surface area (Å²) in [6.45, 7) is 3.91. The molecule has 9 heteroatoms. The fourth-order valence-electron chi connectivity index (χ4n) is 3.69. The number of para-hydroxylation sites is 1. The number of carbonyl (C=O) groups is 1. The Morgan fingerprint density at radius 2 is 2.06 bits per heavy atom. The number of ether oxygens (including phenoxy) is 1. The molecule has 1 aliphatic heterocycles. The summed E-state index contributed by atoms with van der Waals surface area (Å²) in [5.74, 6) is -0.320. The first-order chi connectivity index (χ1) is 15.2. The molecule has 158 valence electrons. The van der Waals surface area contributed by atoms with Crippen LogP contribution in [0.2, 0.25) is 5.02 Å². The van der Waals surface area contributed by atoms with Crippen LogP contribution in [0.5, 0.6) is 0 Å². The van der Waals surface area contributed by atoms with E-state index in [2.05, 4.69) is 19.9 Å². The smallest absolute Gasteiger partial charge is 0.281 e. The lowest BCUT2D eigenvalue weighted by Crippen LogP contribution is -2.36. The van der Waals surface area contributed by atoms with Crippen LogP contribution in [0.15, 0.2) is 59.2 Å². The number of nitrogens with one attached hydrogen (secondary N) is 1. The Bertz CT molecular complexity index is 1300. The number of rotatable bonds is 4. The number of morpholine rings is 1. The van der Waals surface area contributed by atoms with Gasteiger partial charge in [-0.2, -0.15) is 4.99 Å². The van der Waals surface area contributed by atoms with E-state index in [1.54, 1.807) is 12.4 Å². The molecule has 0 bridgehead atoms. The van der Waals surface area contributed by atoms with Crippen LogP contribution >= 0.6 is 22.9 Å². The third-order valence-corrected chi connectivity index (χ3v) is 6.43. The molecule has 1 aliphatic rings. The molecule has 4 aromatic rings. The Labute approximate surface area is 187 Å². The van der Waals surface area contributed by atoms with E-state index in [0.29, 0.717) is 21.0 Å². The Morgan fingerprint density at radius 1 is 1.23 bits per heavy atom. The highest BCUT2D eigenvalue weighted by molar-refractivity contribution is 7.07. The van der Waals surface area contributed by atoms with E-state index in [0.717, 1.165) is 49.6 Å². The minimum Gasteiger partial charge on any atom is -0.379 e. The van der Waals surface area contributed by atoms with Crippen LogP contribution in [0, 0.1) is 0 Å². The number of benzene rings is 1. The Hall–Kier alpha value is -2.78. The van der Waals surface area contributed by atoms with Gasteiger partial charge in [0.2, 0.25) is 0 Å². The molecule has 1 fully saturated rings. The van der Waals surface area contributed by atoms with Gasteiger partial charge in [0.05, 0.1) is 29.5 Å². The quantitative estimate of drug-likeness (QED) is 0.512. The van der Waals surface area contributed by atoms with Crippen molar-refractivity contribution in [2.45, 2.75) is 6.54 Å². The normalized spacial score (nSPS) is 15.6. The molecule has 1 amide bonds. The zero-order valence-corrected chi connectivity index (χ0v) is 18.2. The number of nitrogens with zero attached hydrogens (tertiary/aromatic N) is 4. The maximum atomic E-state index is 13.1. The Kier molecular flexibility index (Phi) is 5.69. The van der Waals surface area contributed by atoms with Crippen LogP contribution in [0.1, 0.15) is 16.1 Å². The van der Waals surface area contributed by atoms with E-state index < -0.39 is 0 Å². The van der Waals surface area contributed by atoms with Gasteiger partial charge in [-0.3, -0.25) is 14.3 Å². The molecule has 1 N–H and O–H groups in total. The van der Waals surface area contributed by atoms with Crippen molar-refractivity contribution in [2.75, 3.05) is 26.3 Å². The summed E-state index contributed by atoms with van der Waals surface area (Å²) < 4.78 is 7.45. The third kappa shape index (κ3) is 4.07. The minimum atomic E-state index is -0.320. The number of aromatic amines is 1. The van der Waals surface area contributed by atoms with Gasteiger partial charge in [0.1, 0.15) is 5.65 Å². The number of fused-ring (bicyclic) bond motifs is 1. The standard InChI is InChI=1S/C22H20ClN5O2S/c23-18-5-1-2-6-19(18)28-15(13-27-8-10-30-11-9-27)14-31-22(28)26-21(29)17-12-25-20-16(17)4-3-7-24-20/h1-7,12,14H,8-11,13H2,(H,24,25)/b26-22-. The van der Waals surface area contributed by atoms with Crippen LogP contribution in [-0.2, 0) is 11.3 Å². The number of thiazole rings is 1. The van der Waals surface area contributed by atoms with Gasteiger partial charge >= 0.3 is 0 Å². The second-order valence-electron chi connectivity index (χ2n) is 7.20. The van der Waals surface area contributed by atoms with Gasteiger partial charge in [-0.05, 0) is 24.3 Å². The van der Waals surface area contributed by atoms with Gasteiger partial charge in [0.25, 0.3) is 5.91 Å². The molecule has 0 saturated carbocycles. The molecule has 4 heterocycles. The summed E-state index contributed by atoms with van der Waals surface area (Å²) in [5.41, 5.74) is 3.00. The summed E-state index contributed by atoms with van der Waals surface area (Å²) in [5, 5.41) is 3.40. The molecule has 0 unspecified atom stereocenters. The Balaban J connectivity index is 1.59. The lowest BCUT2D eigenvalue weighted by molar-refractivity contribution is 0.0334. The number of hydrogen-bond donors (Lipinski definition) is 1. The molecule has 0 atom stereocenters. The molecule has 3 aromatic heterocycles. The summed E-state index contributed by atoms with van der Waals surface area (Å²) >= 11 is 7.96. The predicted octanol–water partition coefficient (Wildman–Crippen LogP) is 3.64. The van der Waals surface area contributed by atoms with Crippen molar-refractivity contribution in [3.63, 3.8) is 0 Å². The number of H-pyrrole nitrogens is 1. The van der Waals surface area contributed by atoms with Gasteiger partial charge in [-0.1, -0.05) is 23.7 Å². The summed E-state index contributed by atoms with van der Waals surface area (Å²) in [7, 11) is 0. The first kappa shape index (κ1) is 20.1. The molecule has 31 heavy (non-hydrogen) atoms. The molecule has 0 spiro atoms. The number of amides is 1. The largest absolute Gasteiger partial charge is 0.379 e. The summed E-state index contributed by atoms with van der Waals surface area (Å²) in [6, 6.07) is 11.3. The number of pyridine rings is 1. The monoisotopic (exact) mass is 453 g/mol. The maximum Gasteiger partial charge on any atom is 0.281 e. The first-order valence-electron chi connectivity index (χ1n) is 9.96. The van der Waals surface area contributed by atoms with Crippen molar-refractivity contribution in [1.82, 2.24) is 19.4 Å². The molecule has 7 nitrogen and oxygen atoms in total. The number of halogens is 1. The number of carbonyl (C=O) groups excluding carboxylic acids is 1. The van der Waals surface area contributed by atoms with E-state index in [1.165, 1.54) is 11.3 Å². The van der Waals surface area contributed by atoms with Crippen molar-refractivity contribution in [3.05, 3.63) is 75.3 Å². The molecule has 1 aromatic carbocycles. The summed E-state index contributed by atoms with van der Waals surface area (Å²) in [6.07, 6.45) is 3.35. The lowest BCUT2D eigenvalue weighted by Gasteiger charge is -2.26. The fraction of sp³-hybridized carbons (Fsp3) is 0.227. The van der Waals surface area contributed by atoms with E-state index in [-0.39, 0.29) is 5.91 Å². The van der Waals surface area contributed by atoms with E-state index in [9.17, 15) is 4.79 Å². The van der Waals surface area contributed by atoms with Crippen molar-refractivity contribution in [1.29, 1.82) is 0 Å². The molecule has 1 saturated heterocycles. The molecular weight excluding hydrogens is 434 g/mol. The van der Waals surface area contributed by atoms with Gasteiger partial charge in [0, 0.05) is 48.5 Å². The van der Waals surface area contributed by atoms with E-state index in [4.69, 9.17) is 16.3 Å². The topological polar surface area (TPSA) is 75.5 Å². The predicted molar refractivity (Wildman–Crippen MR) is 121 cm³/mol. The van der Waals surface area contributed by atoms with Gasteiger partial charge in [-0.25, -0.2) is 4.98 Å². The average Bonchev–Trinajstić information content (AvgIpc) is 3.39. The SMILES string of the molecule is O=C(/N=c1\scc(CN2CCOCC2)n1-c1ccccc1Cl)c1c[nH]c2ncccc12. The molecular formula is C22H20ClN5O2S. The zero-order chi connectivity index (χ0) is 21.2. The second-order valence-corrected chi connectivity index (χ2v) is 8.45. The van der Waals surface area contributed by atoms with Crippen molar-refractivity contribution in [3.8, 4) is 5.69 Å². The Morgan fingerprint density at radius 3 is 2.90 bits per heavy atom. The van der Waals surface area contributed by atoms with Crippen molar-refractivity contribution < 1.29 is 9.53 Å². The number of hydrogen-bond acceptors (Lipinski definition) is 5. The van der Waals surface area contributed by atoms with Gasteiger partial charge in [-0.15, -0.1) is 11.3 Å². The highest BCUT2D eigenvalue weighted by Gasteiger charge is 2.18. The van der Waals surface area contributed by atoms with E-state index >= 15 is 0 Å². The van der Waals surface area contributed by atoms with Crippen molar-refractivity contribution >= 4 is 39.9 Å². The first-order valence-corrected chi connectivity index (χ1v) is 11.2. The van der Waals surface area contributed by atoms with E-state index in [1.807, 2.05) is 46.3 Å². The molecule has 0 aliphatic carbocycles. The van der Waals surface area contributed by atoms with Gasteiger partial charge in [0.15, 0.2) is 4.80 Å². The highest BCUT2D eigenvalue weighted by Crippen LogP contribution is 2.23. The van der Waals surface area contributed by atoms with Gasteiger partial charge < -0.3 is 9.72 Å². The van der Waals surface area contributed by atoms with Crippen LogP contribution in [0.25, 0.3) is 16.7 Å². The van der Waals surface area contributed by atoms with Crippen LogP contribution in [0.3, 0.4) is 0 Å². The minimum absolute atomic E-state index is 0.320. The van der Waals surface area contributed by atoms with Crippen LogP contribution in [-0.4, -0.2) is 51.6 Å². The summed E-state index contributed by atoms with van der Waals surface area (Å²) in [4.78, 5) is 27.8.